The largest absolute Gasteiger partial charge is 0.290 e. The average molecular weight is 324 g/mol. The first-order valence-corrected chi connectivity index (χ1v) is 8.92. The molecule has 4 nitrogen and oxygen atoms in total. The average Bonchev–Trinajstić information content (AvgIpc) is 2.96. The molecular weight excluding hydrogens is 304 g/mol. The van der Waals surface area contributed by atoms with Gasteiger partial charge in [0.2, 0.25) is 0 Å². The minimum atomic E-state index is 0.375. The molecule has 2 aromatic heterocycles. The molecule has 1 aliphatic heterocycles. The van der Waals surface area contributed by atoms with Crippen LogP contribution < -0.4 is 0 Å². The predicted molar refractivity (Wildman–Crippen MR) is 93.6 cm³/mol. The van der Waals surface area contributed by atoms with Gasteiger partial charge in [-0.3, -0.25) is 4.90 Å². The zero-order valence-corrected chi connectivity index (χ0v) is 14.3. The highest BCUT2D eigenvalue weighted by Crippen LogP contribution is 2.25. The van der Waals surface area contributed by atoms with Gasteiger partial charge >= 0.3 is 0 Å². The smallest absolute Gasteiger partial charge is 0.131 e. The summed E-state index contributed by atoms with van der Waals surface area (Å²) < 4.78 is 1.27. The number of fused-ring (bicyclic) bond motifs is 2. The Hall–Kier alpha value is -1.85. The zero-order valence-electron chi connectivity index (χ0n) is 13.5. The minimum absolute atomic E-state index is 0.375. The van der Waals surface area contributed by atoms with Crippen LogP contribution in [0, 0.1) is 0 Å². The van der Waals surface area contributed by atoms with E-state index < -0.39 is 0 Å². The fourth-order valence-corrected chi connectivity index (χ4v) is 3.97. The number of thiazole rings is 1. The Morgan fingerprint density at radius 2 is 2.09 bits per heavy atom. The molecule has 1 aliphatic rings. The number of benzene rings is 1. The van der Waals surface area contributed by atoms with Gasteiger partial charge in [-0.05, 0) is 24.1 Å². The topological polar surface area (TPSA) is 41.9 Å². The van der Waals surface area contributed by atoms with Gasteiger partial charge in [-0.1, -0.05) is 26.0 Å². The van der Waals surface area contributed by atoms with Crippen molar-refractivity contribution < 1.29 is 0 Å². The van der Waals surface area contributed by atoms with Crippen LogP contribution in [0.25, 0.3) is 10.2 Å². The number of nitrogens with zero attached hydrogens (tertiary/aromatic N) is 4. The van der Waals surface area contributed by atoms with Crippen LogP contribution in [-0.4, -0.2) is 26.4 Å². The summed E-state index contributed by atoms with van der Waals surface area (Å²) >= 11 is 1.79. The predicted octanol–water partition coefficient (Wildman–Crippen LogP) is 3.77. The quantitative estimate of drug-likeness (QED) is 0.735. The van der Waals surface area contributed by atoms with Gasteiger partial charge in [0.1, 0.15) is 10.8 Å². The molecule has 23 heavy (non-hydrogen) atoms. The first-order valence-electron chi connectivity index (χ1n) is 8.10. The van der Waals surface area contributed by atoms with Crippen LogP contribution in [0.3, 0.4) is 0 Å². The van der Waals surface area contributed by atoms with E-state index in [4.69, 9.17) is 9.97 Å². The zero-order chi connectivity index (χ0) is 15.8. The molecule has 0 aliphatic carbocycles. The summed E-state index contributed by atoms with van der Waals surface area (Å²) in [4.78, 5) is 16.5. The van der Waals surface area contributed by atoms with Crippen molar-refractivity contribution in [1.82, 2.24) is 19.9 Å². The second-order valence-electron chi connectivity index (χ2n) is 6.39. The maximum absolute atomic E-state index is 4.78. The molecule has 0 saturated carbocycles. The van der Waals surface area contributed by atoms with E-state index in [9.17, 15) is 0 Å². The number of hydrogen-bond donors (Lipinski definition) is 0. The third kappa shape index (κ3) is 2.99. The van der Waals surface area contributed by atoms with Crippen molar-refractivity contribution in [3.8, 4) is 0 Å². The van der Waals surface area contributed by atoms with E-state index in [1.54, 1.807) is 11.3 Å². The molecular formula is C18H20N4S. The molecule has 0 spiro atoms. The first-order chi connectivity index (χ1) is 11.2. The van der Waals surface area contributed by atoms with Crippen molar-refractivity contribution in [2.24, 2.45) is 0 Å². The highest BCUT2D eigenvalue weighted by Gasteiger charge is 2.20. The maximum Gasteiger partial charge on any atom is 0.131 e. The summed E-state index contributed by atoms with van der Waals surface area (Å²) in [6, 6.07) is 8.35. The third-order valence-corrected chi connectivity index (χ3v) is 5.28. The first kappa shape index (κ1) is 14.7. The number of hydrogen-bond acceptors (Lipinski definition) is 5. The van der Waals surface area contributed by atoms with Crippen LogP contribution in [0.2, 0.25) is 0 Å². The molecule has 1 aromatic carbocycles. The number of para-hydroxylation sites is 1. The van der Waals surface area contributed by atoms with Crippen molar-refractivity contribution in [1.29, 1.82) is 0 Å². The molecule has 3 aromatic rings. The van der Waals surface area contributed by atoms with E-state index in [-0.39, 0.29) is 0 Å². The summed E-state index contributed by atoms with van der Waals surface area (Å²) in [5, 5.41) is 1.19. The maximum atomic E-state index is 4.78. The standard InChI is InChI=1S/C18H20N4S/c1-12(2)18-19-9-13-7-8-22(10-15(13)21-18)11-17-20-14-5-3-4-6-16(14)23-17/h3-6,9,12H,7-8,10-11H2,1-2H3. The fraction of sp³-hybridized carbons (Fsp3) is 0.389. The van der Waals surface area contributed by atoms with E-state index in [1.807, 2.05) is 12.3 Å². The molecule has 0 N–H and O–H groups in total. The lowest BCUT2D eigenvalue weighted by molar-refractivity contribution is 0.240. The van der Waals surface area contributed by atoms with E-state index >= 15 is 0 Å². The highest BCUT2D eigenvalue weighted by molar-refractivity contribution is 7.18. The third-order valence-electron chi connectivity index (χ3n) is 4.26. The summed E-state index contributed by atoms with van der Waals surface area (Å²) in [5.41, 5.74) is 3.60. The molecule has 5 heteroatoms. The van der Waals surface area contributed by atoms with Gasteiger partial charge < -0.3 is 0 Å². The molecule has 0 saturated heterocycles. The Bertz CT molecular complexity index is 807. The van der Waals surface area contributed by atoms with Crippen molar-refractivity contribution in [2.75, 3.05) is 6.54 Å². The summed E-state index contributed by atoms with van der Waals surface area (Å²) in [5.74, 6) is 1.32. The molecule has 0 unspecified atom stereocenters. The van der Waals surface area contributed by atoms with E-state index in [0.29, 0.717) is 5.92 Å². The molecule has 0 atom stereocenters. The van der Waals surface area contributed by atoms with Gasteiger partial charge in [0, 0.05) is 25.2 Å². The summed E-state index contributed by atoms with van der Waals surface area (Å²) in [6.07, 6.45) is 3.05. The van der Waals surface area contributed by atoms with Crippen molar-refractivity contribution in [3.05, 3.63) is 52.6 Å². The van der Waals surface area contributed by atoms with Crippen LogP contribution in [0.5, 0.6) is 0 Å². The van der Waals surface area contributed by atoms with Gasteiger partial charge in [0.15, 0.2) is 0 Å². The van der Waals surface area contributed by atoms with Gasteiger partial charge in [-0.15, -0.1) is 11.3 Å². The second-order valence-corrected chi connectivity index (χ2v) is 7.51. The second kappa shape index (κ2) is 5.98. The lowest BCUT2D eigenvalue weighted by atomic mass is 10.1. The minimum Gasteiger partial charge on any atom is -0.290 e. The van der Waals surface area contributed by atoms with Gasteiger partial charge in [-0.25, -0.2) is 15.0 Å². The SMILES string of the molecule is CC(C)c1ncc2c(n1)CN(Cc1nc3ccccc3s1)CC2. The van der Waals surface area contributed by atoms with E-state index in [2.05, 4.69) is 41.9 Å². The Morgan fingerprint density at radius 1 is 1.22 bits per heavy atom. The summed E-state index contributed by atoms with van der Waals surface area (Å²) in [7, 11) is 0. The molecule has 0 bridgehead atoms. The molecule has 4 rings (SSSR count). The van der Waals surface area contributed by atoms with Crippen molar-refractivity contribution >= 4 is 21.6 Å². The molecule has 3 heterocycles. The van der Waals surface area contributed by atoms with Crippen LogP contribution in [-0.2, 0) is 19.5 Å². The molecule has 0 amide bonds. The van der Waals surface area contributed by atoms with Crippen LogP contribution in [0.4, 0.5) is 0 Å². The fourth-order valence-electron chi connectivity index (χ4n) is 2.96. The normalized spacial score (nSPS) is 15.3. The lowest BCUT2D eigenvalue weighted by Gasteiger charge is -2.27. The van der Waals surface area contributed by atoms with E-state index in [0.717, 1.165) is 37.4 Å². The van der Waals surface area contributed by atoms with Gasteiger partial charge in [0.25, 0.3) is 0 Å². The number of aromatic nitrogens is 3. The summed E-state index contributed by atoms with van der Waals surface area (Å²) in [6.45, 7) is 7.13. The van der Waals surface area contributed by atoms with Crippen molar-refractivity contribution in [3.63, 3.8) is 0 Å². The van der Waals surface area contributed by atoms with Crippen LogP contribution in [0.15, 0.2) is 30.5 Å². The Labute approximate surface area is 140 Å². The molecule has 118 valence electrons. The number of rotatable bonds is 3. The van der Waals surface area contributed by atoms with Gasteiger partial charge in [-0.2, -0.15) is 0 Å². The Balaban J connectivity index is 1.54. The Morgan fingerprint density at radius 3 is 2.91 bits per heavy atom. The molecule has 0 fully saturated rings. The molecule has 0 radical (unpaired) electrons. The van der Waals surface area contributed by atoms with Gasteiger partial charge in [0.05, 0.1) is 22.5 Å². The van der Waals surface area contributed by atoms with E-state index in [1.165, 1.54) is 21.0 Å². The lowest BCUT2D eigenvalue weighted by Crippen LogP contribution is -2.31. The van der Waals surface area contributed by atoms with Crippen LogP contribution in [0.1, 0.15) is 41.9 Å². The van der Waals surface area contributed by atoms with Crippen molar-refractivity contribution in [2.45, 2.75) is 39.3 Å². The van der Waals surface area contributed by atoms with Crippen LogP contribution >= 0.6 is 11.3 Å². The highest BCUT2D eigenvalue weighted by atomic mass is 32.1. The monoisotopic (exact) mass is 324 g/mol. The Kier molecular flexibility index (Phi) is 3.83.